The summed E-state index contributed by atoms with van der Waals surface area (Å²) in [6.07, 6.45) is 7.68. The highest BCUT2D eigenvalue weighted by molar-refractivity contribution is 5.85. The molecule has 0 aromatic rings. The predicted octanol–water partition coefficient (Wildman–Crippen LogP) is 5.39. The second-order valence-electron chi connectivity index (χ2n) is 11.3. The van der Waals surface area contributed by atoms with Crippen LogP contribution in [0.5, 0.6) is 0 Å². The van der Waals surface area contributed by atoms with Crippen LogP contribution >= 0.6 is 0 Å². The maximum absolute atomic E-state index is 12.9. The molecule has 0 aromatic heterocycles. The molecule has 1 aliphatic heterocycles. The van der Waals surface area contributed by atoms with Gasteiger partial charge < -0.3 is 9.47 Å². The first kappa shape index (κ1) is 25.4. The molecule has 4 rings (SSSR count). The van der Waals surface area contributed by atoms with Gasteiger partial charge in [-0.3, -0.25) is 14.4 Å². The van der Waals surface area contributed by atoms with Crippen molar-refractivity contribution in [1.82, 2.24) is 0 Å². The molecule has 3 aliphatic carbocycles. The van der Waals surface area contributed by atoms with Crippen molar-refractivity contribution in [2.75, 3.05) is 13.2 Å². The second-order valence-corrected chi connectivity index (χ2v) is 11.3. The van der Waals surface area contributed by atoms with E-state index < -0.39 is 0 Å². The maximum atomic E-state index is 12.9. The van der Waals surface area contributed by atoms with Gasteiger partial charge >= 0.3 is 5.97 Å². The fourth-order valence-corrected chi connectivity index (χ4v) is 7.55. The Bertz CT molecular complexity index is 717. The Balaban J connectivity index is 0.00000141. The highest BCUT2D eigenvalue weighted by Gasteiger charge is 2.57. The van der Waals surface area contributed by atoms with E-state index in [0.29, 0.717) is 42.3 Å². The van der Waals surface area contributed by atoms with Crippen LogP contribution in [0.2, 0.25) is 0 Å². The summed E-state index contributed by atoms with van der Waals surface area (Å²) in [5.74, 6) is 2.08. The lowest BCUT2D eigenvalue weighted by atomic mass is 9.56. The molecule has 0 amide bonds. The van der Waals surface area contributed by atoms with Crippen molar-refractivity contribution in [2.24, 2.45) is 40.4 Å². The molecule has 182 valence electrons. The van der Waals surface area contributed by atoms with Crippen molar-refractivity contribution in [2.45, 2.75) is 99.0 Å². The summed E-state index contributed by atoms with van der Waals surface area (Å²) in [6, 6.07) is 0. The Morgan fingerprint density at radius 3 is 2.50 bits per heavy atom. The predicted molar refractivity (Wildman–Crippen MR) is 124 cm³/mol. The molecule has 1 saturated heterocycles. The van der Waals surface area contributed by atoms with E-state index in [0.717, 1.165) is 45.1 Å². The Morgan fingerprint density at radius 1 is 1.09 bits per heavy atom. The van der Waals surface area contributed by atoms with Crippen LogP contribution in [0.3, 0.4) is 0 Å². The molecule has 4 aliphatic rings. The number of carbonyl (C=O) groups excluding carboxylic acids is 3. The normalized spacial score (nSPS) is 43.0. The molecule has 5 heteroatoms. The average Bonchev–Trinajstić information content (AvgIpc) is 3.28. The molecule has 0 spiro atoms. The number of ketones is 2. The van der Waals surface area contributed by atoms with Gasteiger partial charge in [0.15, 0.2) is 5.78 Å². The van der Waals surface area contributed by atoms with Crippen LogP contribution in [0.4, 0.5) is 0 Å². The molecule has 3 saturated carbocycles. The third kappa shape index (κ3) is 4.69. The van der Waals surface area contributed by atoms with E-state index in [9.17, 15) is 14.4 Å². The van der Waals surface area contributed by atoms with E-state index in [1.54, 1.807) is 0 Å². The third-order valence-corrected chi connectivity index (χ3v) is 9.50. The van der Waals surface area contributed by atoms with Crippen LogP contribution in [0.15, 0.2) is 0 Å². The minimum Gasteiger partial charge on any atom is -0.458 e. The molecule has 0 N–H and O–H groups in total. The van der Waals surface area contributed by atoms with Gasteiger partial charge in [0.2, 0.25) is 0 Å². The molecular formula is C27H44O5. The highest BCUT2D eigenvalue weighted by Crippen LogP contribution is 2.61. The monoisotopic (exact) mass is 448 g/mol. The van der Waals surface area contributed by atoms with Crippen molar-refractivity contribution in [3.8, 4) is 0 Å². The van der Waals surface area contributed by atoms with Crippen LogP contribution in [0.1, 0.15) is 92.9 Å². The van der Waals surface area contributed by atoms with Crippen molar-refractivity contribution in [3.63, 3.8) is 0 Å². The summed E-state index contributed by atoms with van der Waals surface area (Å²) in [5, 5.41) is 0. The van der Waals surface area contributed by atoms with Gasteiger partial charge in [0.25, 0.3) is 0 Å². The molecular weight excluding hydrogens is 404 g/mol. The van der Waals surface area contributed by atoms with E-state index in [4.69, 9.17) is 9.47 Å². The first-order chi connectivity index (χ1) is 15.1. The Labute approximate surface area is 194 Å². The minimum absolute atomic E-state index is 0.0112. The SMILES string of the molecule is CC.CC(=O)OCC(=O)C1CCC2C(CC3OCC4(C)CCC(=O)CC34)C(C)CCC12C. The number of carbonyl (C=O) groups is 3. The van der Waals surface area contributed by atoms with Gasteiger partial charge in [-0.25, -0.2) is 0 Å². The fourth-order valence-electron chi connectivity index (χ4n) is 7.55. The van der Waals surface area contributed by atoms with E-state index >= 15 is 0 Å². The molecule has 32 heavy (non-hydrogen) atoms. The second kappa shape index (κ2) is 9.95. The summed E-state index contributed by atoms with van der Waals surface area (Å²) in [4.78, 5) is 36.2. The molecule has 8 unspecified atom stereocenters. The van der Waals surface area contributed by atoms with Gasteiger partial charge in [0, 0.05) is 25.7 Å². The zero-order valence-corrected chi connectivity index (χ0v) is 21.1. The first-order valence-corrected chi connectivity index (χ1v) is 12.9. The van der Waals surface area contributed by atoms with Crippen molar-refractivity contribution in [3.05, 3.63) is 0 Å². The summed E-state index contributed by atoms with van der Waals surface area (Å²) in [5.41, 5.74) is 0.136. The summed E-state index contributed by atoms with van der Waals surface area (Å²) in [7, 11) is 0. The number of hydrogen-bond acceptors (Lipinski definition) is 5. The fraction of sp³-hybridized carbons (Fsp3) is 0.889. The van der Waals surface area contributed by atoms with E-state index in [1.807, 2.05) is 13.8 Å². The van der Waals surface area contributed by atoms with Crippen LogP contribution in [-0.4, -0.2) is 36.9 Å². The molecule has 0 aromatic carbocycles. The number of ether oxygens (including phenoxy) is 2. The zero-order chi connectivity index (χ0) is 23.7. The number of fused-ring (bicyclic) bond motifs is 2. The van der Waals surface area contributed by atoms with Crippen LogP contribution in [-0.2, 0) is 23.9 Å². The Kier molecular flexibility index (Phi) is 7.89. The topological polar surface area (TPSA) is 69.7 Å². The van der Waals surface area contributed by atoms with Crippen LogP contribution in [0.25, 0.3) is 0 Å². The molecule has 5 nitrogen and oxygen atoms in total. The van der Waals surface area contributed by atoms with Crippen molar-refractivity contribution < 1.29 is 23.9 Å². The van der Waals surface area contributed by atoms with Gasteiger partial charge in [-0.2, -0.15) is 0 Å². The van der Waals surface area contributed by atoms with Gasteiger partial charge in [0.05, 0.1) is 12.7 Å². The largest absolute Gasteiger partial charge is 0.458 e. The maximum Gasteiger partial charge on any atom is 0.303 e. The molecule has 8 atom stereocenters. The van der Waals surface area contributed by atoms with E-state index in [2.05, 4.69) is 20.8 Å². The van der Waals surface area contributed by atoms with Crippen molar-refractivity contribution in [1.29, 1.82) is 0 Å². The first-order valence-electron chi connectivity index (χ1n) is 12.9. The quantitative estimate of drug-likeness (QED) is 0.528. The lowest BCUT2D eigenvalue weighted by molar-refractivity contribution is -0.148. The van der Waals surface area contributed by atoms with Crippen molar-refractivity contribution >= 4 is 17.5 Å². The Hall–Kier alpha value is -1.23. The molecule has 0 radical (unpaired) electrons. The lowest BCUT2D eigenvalue weighted by Crippen LogP contribution is -2.45. The van der Waals surface area contributed by atoms with Gasteiger partial charge in [-0.1, -0.05) is 34.6 Å². The van der Waals surface area contributed by atoms with E-state index in [-0.39, 0.29) is 41.2 Å². The van der Waals surface area contributed by atoms with Gasteiger partial charge in [0.1, 0.15) is 12.4 Å². The standard InChI is InChI=1S/C25H38O5.C2H6/c1-15-7-10-25(4)19(5-6-20(25)22(28)13-29-16(2)26)18(15)12-23-21-11-17(27)8-9-24(21,3)14-30-23;1-2/h15,18-21,23H,5-14H2,1-4H3;1-2H3. The number of rotatable bonds is 5. The van der Waals surface area contributed by atoms with Gasteiger partial charge in [-0.05, 0) is 73.0 Å². The number of hydrogen-bond donors (Lipinski definition) is 0. The average molecular weight is 449 g/mol. The zero-order valence-electron chi connectivity index (χ0n) is 21.1. The third-order valence-electron chi connectivity index (χ3n) is 9.50. The van der Waals surface area contributed by atoms with Gasteiger partial charge in [-0.15, -0.1) is 0 Å². The van der Waals surface area contributed by atoms with Crippen LogP contribution in [0, 0.1) is 40.4 Å². The smallest absolute Gasteiger partial charge is 0.303 e. The summed E-state index contributed by atoms with van der Waals surface area (Å²) < 4.78 is 11.4. The molecule has 1 heterocycles. The summed E-state index contributed by atoms with van der Waals surface area (Å²) >= 11 is 0. The molecule has 4 fully saturated rings. The van der Waals surface area contributed by atoms with Crippen LogP contribution < -0.4 is 0 Å². The highest BCUT2D eigenvalue weighted by atomic mass is 16.5. The minimum atomic E-state index is -0.387. The summed E-state index contributed by atoms with van der Waals surface area (Å²) in [6.45, 7) is 13.0. The van der Waals surface area contributed by atoms with E-state index in [1.165, 1.54) is 6.92 Å². The lowest BCUT2D eigenvalue weighted by Gasteiger charge is -2.49. The Morgan fingerprint density at radius 2 is 1.81 bits per heavy atom. The number of Topliss-reactive ketones (excluding diaryl/α,β-unsaturated/α-hetero) is 2. The number of esters is 1. The molecule has 0 bridgehead atoms.